The van der Waals surface area contributed by atoms with Gasteiger partial charge in [0.25, 0.3) is 5.91 Å². The Hall–Kier alpha value is -4.50. The Balaban J connectivity index is 1.17. The number of benzene rings is 3. The van der Waals surface area contributed by atoms with Crippen LogP contribution in [0.5, 0.6) is 17.2 Å². The molecular weight excluding hydrogens is 602 g/mol. The lowest BCUT2D eigenvalue weighted by molar-refractivity contribution is 0.0780. The normalized spacial score (nSPS) is 18.5. The topological polar surface area (TPSA) is 72.3 Å². The van der Waals surface area contributed by atoms with Crippen molar-refractivity contribution in [2.75, 3.05) is 72.0 Å². The molecule has 0 radical (unpaired) electrons. The number of aromatic nitrogens is 2. The van der Waals surface area contributed by atoms with Gasteiger partial charge in [-0.25, -0.2) is 4.98 Å². The first-order valence-corrected chi connectivity index (χ1v) is 17.1. The zero-order valence-electron chi connectivity index (χ0n) is 29.1. The average Bonchev–Trinajstić information content (AvgIpc) is 3.64. The Bertz CT molecular complexity index is 1720. The van der Waals surface area contributed by atoms with Gasteiger partial charge in [-0.1, -0.05) is 54.1 Å². The molecule has 2 aliphatic heterocycles. The van der Waals surface area contributed by atoms with Crippen LogP contribution in [0.4, 0.5) is 5.95 Å². The molecule has 6 rings (SSSR count). The van der Waals surface area contributed by atoms with E-state index in [-0.39, 0.29) is 11.3 Å². The van der Waals surface area contributed by atoms with Gasteiger partial charge in [0.05, 0.1) is 32.4 Å². The maximum Gasteiger partial charge on any atom is 0.254 e. The van der Waals surface area contributed by atoms with Crippen LogP contribution >= 0.6 is 0 Å². The number of hydrogen-bond acceptors (Lipinski definition) is 7. The molecule has 9 nitrogen and oxygen atoms in total. The second-order valence-corrected chi connectivity index (χ2v) is 13.3. The Morgan fingerprint density at radius 1 is 0.875 bits per heavy atom. The van der Waals surface area contributed by atoms with Crippen LogP contribution in [0.15, 0.2) is 78.4 Å². The van der Waals surface area contributed by atoms with Crippen molar-refractivity contribution >= 4 is 22.9 Å². The minimum atomic E-state index is -0.123. The predicted octanol–water partition coefficient (Wildman–Crippen LogP) is 6.41. The van der Waals surface area contributed by atoms with E-state index in [1.54, 1.807) is 33.5 Å². The van der Waals surface area contributed by atoms with Crippen LogP contribution in [0.3, 0.4) is 0 Å². The van der Waals surface area contributed by atoms with Gasteiger partial charge in [0.2, 0.25) is 11.7 Å². The molecule has 2 aliphatic rings. The molecule has 1 amide bonds. The van der Waals surface area contributed by atoms with Crippen molar-refractivity contribution < 1.29 is 19.0 Å². The second kappa shape index (κ2) is 14.7. The summed E-state index contributed by atoms with van der Waals surface area (Å²) in [4.78, 5) is 26.1. The van der Waals surface area contributed by atoms with Crippen molar-refractivity contribution in [2.24, 2.45) is 0 Å². The third kappa shape index (κ3) is 6.88. The fraction of sp³-hybridized carbons (Fsp3) is 0.436. The van der Waals surface area contributed by atoms with Crippen molar-refractivity contribution in [3.8, 4) is 17.2 Å². The van der Waals surface area contributed by atoms with Gasteiger partial charge in [0.15, 0.2) is 11.5 Å². The molecule has 1 aromatic heterocycles. The number of imidazole rings is 1. The van der Waals surface area contributed by atoms with Crippen molar-refractivity contribution in [3.05, 3.63) is 89.5 Å². The highest BCUT2D eigenvalue weighted by molar-refractivity contribution is 5.96. The number of carbonyl (C=O) groups excluding carboxylic acids is 1. The first-order chi connectivity index (χ1) is 23.4. The van der Waals surface area contributed by atoms with Crippen LogP contribution in [0.25, 0.3) is 11.0 Å². The van der Waals surface area contributed by atoms with E-state index in [2.05, 4.69) is 88.9 Å². The van der Waals surface area contributed by atoms with E-state index in [1.165, 1.54) is 16.7 Å². The fourth-order valence-electron chi connectivity index (χ4n) is 7.33. The Morgan fingerprint density at radius 2 is 1.60 bits per heavy atom. The highest BCUT2D eigenvalue weighted by atomic mass is 16.5. The third-order valence-electron chi connectivity index (χ3n) is 10.0. The van der Waals surface area contributed by atoms with Gasteiger partial charge < -0.3 is 33.5 Å². The number of hydrogen-bond donors (Lipinski definition) is 0. The Morgan fingerprint density at radius 3 is 2.31 bits per heavy atom. The summed E-state index contributed by atoms with van der Waals surface area (Å²) in [6.07, 6.45) is 5.26. The van der Waals surface area contributed by atoms with E-state index < -0.39 is 0 Å². The number of likely N-dealkylation sites (tertiary alicyclic amines) is 1. The molecule has 1 unspecified atom stereocenters. The number of allylic oxidation sites excluding steroid dienone is 2. The maximum atomic E-state index is 13.9. The number of carbonyl (C=O) groups is 1. The summed E-state index contributed by atoms with van der Waals surface area (Å²) >= 11 is 0. The summed E-state index contributed by atoms with van der Waals surface area (Å²) in [6.45, 7) is 11.4. The van der Waals surface area contributed by atoms with Crippen LogP contribution in [0.1, 0.15) is 49.0 Å². The summed E-state index contributed by atoms with van der Waals surface area (Å²) in [7, 11) is 4.72. The number of nitrogens with zero attached hydrogens (tertiary/aromatic N) is 5. The maximum absolute atomic E-state index is 13.9. The molecule has 4 aromatic rings. The third-order valence-corrected chi connectivity index (χ3v) is 10.0. The SMILES string of the molecule is COc1cc(C(=O)N2CCC(CCN3CCCN(c4nc5ccccc5n4CC=C(C)C)CC3)(c3ccccc3)C2)cc(OC)c1OC. The first-order valence-electron chi connectivity index (χ1n) is 17.1. The number of anilines is 1. The van der Waals surface area contributed by atoms with E-state index in [1.807, 2.05) is 4.90 Å². The molecule has 0 spiro atoms. The standard InChI is InChI=1S/C39H49N5O4/c1-29(2)16-21-44-33-15-10-9-14-32(33)40-38(44)42-20-11-19-41(24-25-42)22-17-39(31-12-7-6-8-13-31)18-23-43(28-39)37(45)30-26-34(46-3)36(48-5)35(27-30)47-4/h6-10,12-16,26-27H,11,17-25,28H2,1-5H3. The number of fused-ring (bicyclic) bond motifs is 1. The summed E-state index contributed by atoms with van der Waals surface area (Å²) < 4.78 is 18.9. The van der Waals surface area contributed by atoms with E-state index in [4.69, 9.17) is 19.2 Å². The molecule has 3 aromatic carbocycles. The summed E-state index contributed by atoms with van der Waals surface area (Å²) in [5.41, 5.74) is 5.26. The van der Waals surface area contributed by atoms with Gasteiger partial charge in [0.1, 0.15) is 0 Å². The summed E-state index contributed by atoms with van der Waals surface area (Å²) in [5, 5.41) is 0. The van der Waals surface area contributed by atoms with Gasteiger partial charge in [-0.3, -0.25) is 4.79 Å². The zero-order chi connectivity index (χ0) is 33.7. The number of ether oxygens (including phenoxy) is 3. The van der Waals surface area contributed by atoms with Crippen LogP contribution < -0.4 is 19.1 Å². The van der Waals surface area contributed by atoms with Crippen LogP contribution in [0, 0.1) is 0 Å². The minimum Gasteiger partial charge on any atom is -0.493 e. The predicted molar refractivity (Wildman–Crippen MR) is 192 cm³/mol. The lowest BCUT2D eigenvalue weighted by atomic mass is 9.76. The van der Waals surface area contributed by atoms with E-state index in [0.29, 0.717) is 35.9 Å². The summed E-state index contributed by atoms with van der Waals surface area (Å²) in [6, 6.07) is 22.7. The zero-order valence-corrected chi connectivity index (χ0v) is 29.1. The quantitative estimate of drug-likeness (QED) is 0.174. The smallest absolute Gasteiger partial charge is 0.254 e. The van der Waals surface area contributed by atoms with E-state index >= 15 is 0 Å². The van der Waals surface area contributed by atoms with Crippen molar-refractivity contribution in [2.45, 2.75) is 45.1 Å². The van der Waals surface area contributed by atoms with Gasteiger partial charge in [-0.05, 0) is 76.0 Å². The van der Waals surface area contributed by atoms with E-state index in [9.17, 15) is 4.79 Å². The first kappa shape index (κ1) is 33.4. The van der Waals surface area contributed by atoms with Gasteiger partial charge >= 0.3 is 0 Å². The molecule has 0 saturated carbocycles. The number of rotatable bonds is 11. The summed E-state index contributed by atoms with van der Waals surface area (Å²) in [5.74, 6) is 2.49. The Labute approximate surface area is 284 Å². The van der Waals surface area contributed by atoms with Crippen LogP contribution in [-0.2, 0) is 12.0 Å². The van der Waals surface area contributed by atoms with Gasteiger partial charge in [0, 0.05) is 50.2 Å². The van der Waals surface area contributed by atoms with Crippen molar-refractivity contribution in [1.82, 2.24) is 19.4 Å². The van der Waals surface area contributed by atoms with Gasteiger partial charge in [-0.2, -0.15) is 0 Å². The van der Waals surface area contributed by atoms with Gasteiger partial charge in [-0.15, -0.1) is 0 Å². The van der Waals surface area contributed by atoms with Crippen LogP contribution in [0.2, 0.25) is 0 Å². The Kier molecular flexibility index (Phi) is 10.2. The molecule has 0 N–H and O–H groups in total. The molecule has 3 heterocycles. The highest BCUT2D eigenvalue weighted by Gasteiger charge is 2.42. The molecule has 2 saturated heterocycles. The molecule has 2 fully saturated rings. The molecule has 1 atom stereocenters. The molecular formula is C39H49N5O4. The molecule has 0 bridgehead atoms. The molecule has 48 heavy (non-hydrogen) atoms. The van der Waals surface area contributed by atoms with Crippen LogP contribution in [-0.4, -0.2) is 92.4 Å². The lowest BCUT2D eigenvalue weighted by Gasteiger charge is -2.33. The fourth-order valence-corrected chi connectivity index (χ4v) is 7.33. The largest absolute Gasteiger partial charge is 0.493 e. The second-order valence-electron chi connectivity index (χ2n) is 13.3. The molecule has 9 heteroatoms. The molecule has 0 aliphatic carbocycles. The minimum absolute atomic E-state index is 0.0199. The number of para-hydroxylation sites is 2. The van der Waals surface area contributed by atoms with E-state index in [0.717, 1.165) is 70.0 Å². The number of methoxy groups -OCH3 is 3. The monoisotopic (exact) mass is 651 g/mol. The number of amides is 1. The van der Waals surface area contributed by atoms with Crippen molar-refractivity contribution in [3.63, 3.8) is 0 Å². The average molecular weight is 652 g/mol. The molecule has 254 valence electrons. The lowest BCUT2D eigenvalue weighted by Crippen LogP contribution is -2.39. The highest BCUT2D eigenvalue weighted by Crippen LogP contribution is 2.41. The van der Waals surface area contributed by atoms with Crippen molar-refractivity contribution in [1.29, 1.82) is 0 Å².